The van der Waals surface area contributed by atoms with E-state index in [1.807, 2.05) is 0 Å². The van der Waals surface area contributed by atoms with Crippen molar-refractivity contribution in [2.75, 3.05) is 24.6 Å². The third kappa shape index (κ3) is 6.15. The first kappa shape index (κ1) is 14.4. The maximum atomic E-state index is 3.68. The molecule has 1 nitrogen and oxygen atoms in total. The van der Waals surface area contributed by atoms with E-state index in [1.165, 1.54) is 56.7 Å². The van der Waals surface area contributed by atoms with Gasteiger partial charge < -0.3 is 5.32 Å². The van der Waals surface area contributed by atoms with E-state index in [1.54, 1.807) is 0 Å². The van der Waals surface area contributed by atoms with Gasteiger partial charge in [0.1, 0.15) is 0 Å². The quantitative estimate of drug-likeness (QED) is 0.648. The highest BCUT2D eigenvalue weighted by molar-refractivity contribution is 7.99. The zero-order valence-electron chi connectivity index (χ0n) is 11.3. The van der Waals surface area contributed by atoms with Crippen molar-refractivity contribution in [3.63, 3.8) is 0 Å². The fourth-order valence-electron chi connectivity index (χ4n) is 2.30. The van der Waals surface area contributed by atoms with Crippen molar-refractivity contribution in [1.29, 1.82) is 0 Å². The molecule has 0 aromatic rings. The van der Waals surface area contributed by atoms with Crippen LogP contribution < -0.4 is 5.32 Å². The van der Waals surface area contributed by atoms with Crippen molar-refractivity contribution < 1.29 is 0 Å². The topological polar surface area (TPSA) is 12.0 Å². The molecule has 1 atom stereocenters. The molecular formula is C14H29NS. The summed E-state index contributed by atoms with van der Waals surface area (Å²) in [6.07, 6.45) is 6.91. The van der Waals surface area contributed by atoms with Crippen molar-refractivity contribution in [2.24, 2.45) is 11.3 Å². The van der Waals surface area contributed by atoms with Gasteiger partial charge >= 0.3 is 0 Å². The molecule has 0 aromatic carbocycles. The lowest BCUT2D eigenvalue weighted by atomic mass is 9.87. The fraction of sp³-hybridized carbons (Fsp3) is 1.00. The van der Waals surface area contributed by atoms with Gasteiger partial charge in [0.15, 0.2) is 0 Å². The highest BCUT2D eigenvalue weighted by Gasteiger charge is 2.19. The monoisotopic (exact) mass is 243 g/mol. The van der Waals surface area contributed by atoms with Gasteiger partial charge in [0.05, 0.1) is 0 Å². The van der Waals surface area contributed by atoms with Crippen LogP contribution >= 0.6 is 11.8 Å². The Hall–Kier alpha value is 0.310. The SMILES string of the molecule is CCCCCC(C)(C)CNCC1CCSC1. The number of nitrogens with one attached hydrogen (secondary N) is 1. The smallest absolute Gasteiger partial charge is 0.000264 e. The molecule has 1 aliphatic rings. The Kier molecular flexibility index (Phi) is 6.83. The van der Waals surface area contributed by atoms with E-state index in [4.69, 9.17) is 0 Å². The third-order valence-electron chi connectivity index (χ3n) is 3.52. The standard InChI is InChI=1S/C14H29NS/c1-4-5-6-8-14(2,3)12-15-10-13-7-9-16-11-13/h13,15H,4-12H2,1-3H3. The summed E-state index contributed by atoms with van der Waals surface area (Å²) in [6.45, 7) is 9.52. The molecule has 0 aromatic heterocycles. The predicted octanol–water partition coefficient (Wildman–Crippen LogP) is 3.94. The van der Waals surface area contributed by atoms with E-state index in [9.17, 15) is 0 Å². The normalized spacial score (nSPS) is 21.6. The maximum Gasteiger partial charge on any atom is 0.000264 e. The molecule has 0 radical (unpaired) electrons. The van der Waals surface area contributed by atoms with Crippen LogP contribution in [0.4, 0.5) is 0 Å². The van der Waals surface area contributed by atoms with Crippen LogP contribution in [0.15, 0.2) is 0 Å². The average Bonchev–Trinajstić information content (AvgIpc) is 2.70. The van der Waals surface area contributed by atoms with Gasteiger partial charge in [0.2, 0.25) is 0 Å². The highest BCUT2D eigenvalue weighted by atomic mass is 32.2. The second-order valence-electron chi connectivity index (χ2n) is 5.98. The van der Waals surface area contributed by atoms with Crippen molar-refractivity contribution >= 4 is 11.8 Å². The lowest BCUT2D eigenvalue weighted by Gasteiger charge is -2.26. The molecule has 96 valence electrons. The van der Waals surface area contributed by atoms with Gasteiger partial charge in [-0.3, -0.25) is 0 Å². The van der Waals surface area contributed by atoms with Crippen LogP contribution in [0.5, 0.6) is 0 Å². The first-order valence-corrected chi connectivity index (χ1v) is 8.08. The van der Waals surface area contributed by atoms with Crippen LogP contribution in [0.2, 0.25) is 0 Å². The summed E-state index contributed by atoms with van der Waals surface area (Å²) < 4.78 is 0. The molecule has 1 unspecified atom stereocenters. The molecular weight excluding hydrogens is 214 g/mol. The van der Waals surface area contributed by atoms with Crippen molar-refractivity contribution in [2.45, 2.75) is 52.9 Å². The van der Waals surface area contributed by atoms with Gasteiger partial charge in [-0.1, -0.05) is 40.0 Å². The summed E-state index contributed by atoms with van der Waals surface area (Å²) in [5, 5.41) is 3.68. The molecule has 0 spiro atoms. The van der Waals surface area contributed by atoms with Gasteiger partial charge in [-0.25, -0.2) is 0 Å². The van der Waals surface area contributed by atoms with E-state index in [0.717, 1.165) is 5.92 Å². The van der Waals surface area contributed by atoms with Crippen LogP contribution in [0, 0.1) is 11.3 Å². The lowest BCUT2D eigenvalue weighted by molar-refractivity contribution is 0.296. The molecule has 1 aliphatic heterocycles. The molecule has 2 heteroatoms. The molecule has 0 amide bonds. The average molecular weight is 243 g/mol. The molecule has 1 N–H and O–H groups in total. The zero-order chi connectivity index (χ0) is 11.9. The first-order valence-electron chi connectivity index (χ1n) is 6.92. The number of hydrogen-bond donors (Lipinski definition) is 1. The molecule has 16 heavy (non-hydrogen) atoms. The Morgan fingerprint density at radius 2 is 2.12 bits per heavy atom. The number of thioether (sulfide) groups is 1. The number of rotatable bonds is 8. The number of hydrogen-bond acceptors (Lipinski definition) is 2. The fourth-order valence-corrected chi connectivity index (χ4v) is 3.59. The minimum Gasteiger partial charge on any atom is -0.316 e. The molecule has 1 saturated heterocycles. The Morgan fingerprint density at radius 3 is 2.75 bits per heavy atom. The summed E-state index contributed by atoms with van der Waals surface area (Å²) >= 11 is 2.12. The summed E-state index contributed by atoms with van der Waals surface area (Å²) in [6, 6.07) is 0. The zero-order valence-corrected chi connectivity index (χ0v) is 12.2. The van der Waals surface area contributed by atoms with Crippen LogP contribution in [0.3, 0.4) is 0 Å². The molecule has 0 saturated carbocycles. The summed E-state index contributed by atoms with van der Waals surface area (Å²) in [5.41, 5.74) is 0.487. The van der Waals surface area contributed by atoms with Crippen LogP contribution in [-0.4, -0.2) is 24.6 Å². The Balaban J connectivity index is 2.04. The lowest BCUT2D eigenvalue weighted by Crippen LogP contribution is -2.32. The summed E-state index contributed by atoms with van der Waals surface area (Å²) in [5.74, 6) is 3.70. The van der Waals surface area contributed by atoms with Crippen LogP contribution in [0.1, 0.15) is 52.9 Å². The minimum atomic E-state index is 0.487. The van der Waals surface area contributed by atoms with Crippen molar-refractivity contribution in [3.8, 4) is 0 Å². The molecule has 0 aliphatic carbocycles. The molecule has 1 fully saturated rings. The first-order chi connectivity index (χ1) is 7.64. The Labute approximate surface area is 106 Å². The van der Waals surface area contributed by atoms with E-state index >= 15 is 0 Å². The Bertz CT molecular complexity index is 174. The number of unbranched alkanes of at least 4 members (excludes halogenated alkanes) is 2. The van der Waals surface area contributed by atoms with E-state index in [0.29, 0.717) is 5.41 Å². The Morgan fingerprint density at radius 1 is 1.31 bits per heavy atom. The summed E-state index contributed by atoms with van der Waals surface area (Å²) in [7, 11) is 0. The minimum absolute atomic E-state index is 0.487. The molecule has 1 rings (SSSR count). The van der Waals surface area contributed by atoms with Crippen molar-refractivity contribution in [1.82, 2.24) is 5.32 Å². The van der Waals surface area contributed by atoms with E-state index in [2.05, 4.69) is 37.8 Å². The molecule has 0 bridgehead atoms. The third-order valence-corrected chi connectivity index (χ3v) is 4.75. The summed E-state index contributed by atoms with van der Waals surface area (Å²) in [4.78, 5) is 0. The molecule has 1 heterocycles. The van der Waals surface area contributed by atoms with Crippen LogP contribution in [-0.2, 0) is 0 Å². The van der Waals surface area contributed by atoms with Gasteiger partial charge in [-0.15, -0.1) is 0 Å². The maximum absolute atomic E-state index is 3.68. The second-order valence-corrected chi connectivity index (χ2v) is 7.13. The van der Waals surface area contributed by atoms with Gasteiger partial charge in [-0.05, 0) is 42.2 Å². The van der Waals surface area contributed by atoms with Crippen molar-refractivity contribution in [3.05, 3.63) is 0 Å². The largest absolute Gasteiger partial charge is 0.316 e. The van der Waals surface area contributed by atoms with Gasteiger partial charge in [0.25, 0.3) is 0 Å². The second kappa shape index (κ2) is 7.60. The van der Waals surface area contributed by atoms with Gasteiger partial charge in [-0.2, -0.15) is 11.8 Å². The van der Waals surface area contributed by atoms with E-state index < -0.39 is 0 Å². The van der Waals surface area contributed by atoms with E-state index in [-0.39, 0.29) is 0 Å². The van der Waals surface area contributed by atoms with Crippen LogP contribution in [0.25, 0.3) is 0 Å². The van der Waals surface area contributed by atoms with Gasteiger partial charge in [0, 0.05) is 6.54 Å². The highest BCUT2D eigenvalue weighted by Crippen LogP contribution is 2.25. The predicted molar refractivity (Wildman–Crippen MR) is 76.2 cm³/mol.